The number of nitrogens with one attached hydrogen (secondary N) is 1. The average molecular weight is 314 g/mol. The van der Waals surface area contributed by atoms with Crippen LogP contribution in [0.1, 0.15) is 35.6 Å². The maximum atomic E-state index is 4.50. The van der Waals surface area contributed by atoms with Crippen LogP contribution < -0.4 is 5.32 Å². The van der Waals surface area contributed by atoms with Crippen molar-refractivity contribution in [2.45, 2.75) is 25.3 Å². The van der Waals surface area contributed by atoms with Gasteiger partial charge in [0.1, 0.15) is 12.4 Å². The standard InChI is InChI=1S/C20H18N4/c1-2-8-15(9-3-1)19-17-12-6-10-14-7-4-5-11-16(14)18(17)23-20-21-13-22-24(19)20/h1-5,7-9,11,13,19H,6,10,12H2,(H,21,22,23)/t19-/m0/s1. The van der Waals surface area contributed by atoms with Gasteiger partial charge in [-0.25, -0.2) is 4.68 Å². The first kappa shape index (κ1) is 13.5. The Labute approximate surface area is 140 Å². The Balaban J connectivity index is 1.76. The molecule has 1 aliphatic heterocycles. The third-order valence-corrected chi connectivity index (χ3v) is 5.00. The monoisotopic (exact) mass is 314 g/mol. The number of anilines is 1. The molecule has 0 radical (unpaired) electrons. The number of hydrogen-bond acceptors (Lipinski definition) is 3. The number of allylic oxidation sites excluding steroid dienone is 1. The van der Waals surface area contributed by atoms with Crippen molar-refractivity contribution in [1.29, 1.82) is 0 Å². The summed E-state index contributed by atoms with van der Waals surface area (Å²) in [6.07, 6.45) is 4.97. The van der Waals surface area contributed by atoms with E-state index in [9.17, 15) is 0 Å². The van der Waals surface area contributed by atoms with Crippen LogP contribution in [-0.4, -0.2) is 14.8 Å². The Morgan fingerprint density at radius 2 is 1.79 bits per heavy atom. The molecule has 0 fully saturated rings. The number of aromatic nitrogens is 3. The lowest BCUT2D eigenvalue weighted by atomic mass is 9.91. The van der Waals surface area contributed by atoms with E-state index in [0.717, 1.165) is 25.2 Å². The van der Waals surface area contributed by atoms with Crippen molar-refractivity contribution in [2.75, 3.05) is 5.32 Å². The van der Waals surface area contributed by atoms with Gasteiger partial charge in [0, 0.05) is 5.56 Å². The molecule has 1 aliphatic carbocycles. The largest absolute Gasteiger partial charge is 0.324 e. The molecule has 2 heterocycles. The summed E-state index contributed by atoms with van der Waals surface area (Å²) < 4.78 is 2.02. The normalized spacial score (nSPS) is 18.9. The first-order chi connectivity index (χ1) is 11.9. The second-order valence-corrected chi connectivity index (χ2v) is 6.38. The van der Waals surface area contributed by atoms with Crippen LogP contribution in [0, 0.1) is 0 Å². The molecule has 0 amide bonds. The summed E-state index contributed by atoms with van der Waals surface area (Å²) in [5, 5.41) is 8.04. The zero-order chi connectivity index (χ0) is 15.9. The van der Waals surface area contributed by atoms with E-state index in [1.807, 2.05) is 4.68 Å². The van der Waals surface area contributed by atoms with Crippen LogP contribution in [0.4, 0.5) is 5.95 Å². The summed E-state index contributed by atoms with van der Waals surface area (Å²) in [6, 6.07) is 19.4. The van der Waals surface area contributed by atoms with Crippen molar-refractivity contribution in [3.63, 3.8) is 0 Å². The highest BCUT2D eigenvalue weighted by Gasteiger charge is 2.32. The van der Waals surface area contributed by atoms with Crippen molar-refractivity contribution in [1.82, 2.24) is 14.8 Å². The molecular formula is C20H18N4. The molecule has 4 nitrogen and oxygen atoms in total. The first-order valence-electron chi connectivity index (χ1n) is 8.44. The van der Waals surface area contributed by atoms with Crippen LogP contribution in [0.25, 0.3) is 5.70 Å². The van der Waals surface area contributed by atoms with E-state index in [0.29, 0.717) is 0 Å². The third-order valence-electron chi connectivity index (χ3n) is 5.00. The van der Waals surface area contributed by atoms with E-state index in [2.05, 4.69) is 70.0 Å². The molecule has 24 heavy (non-hydrogen) atoms. The highest BCUT2D eigenvalue weighted by atomic mass is 15.4. The minimum absolute atomic E-state index is 0.117. The van der Waals surface area contributed by atoms with Crippen LogP contribution in [-0.2, 0) is 6.42 Å². The molecule has 0 bridgehead atoms. The lowest BCUT2D eigenvalue weighted by molar-refractivity contribution is 0.562. The topological polar surface area (TPSA) is 42.7 Å². The summed E-state index contributed by atoms with van der Waals surface area (Å²) in [5.41, 5.74) is 6.61. The minimum atomic E-state index is 0.117. The minimum Gasteiger partial charge on any atom is -0.324 e. The van der Waals surface area contributed by atoms with Crippen LogP contribution in [0.2, 0.25) is 0 Å². The van der Waals surface area contributed by atoms with Gasteiger partial charge in [0.25, 0.3) is 0 Å². The second-order valence-electron chi connectivity index (χ2n) is 6.38. The Kier molecular flexibility index (Phi) is 3.01. The molecule has 1 N–H and O–H groups in total. The number of hydrogen-bond donors (Lipinski definition) is 1. The van der Waals surface area contributed by atoms with Gasteiger partial charge < -0.3 is 5.32 Å². The molecule has 0 unspecified atom stereocenters. The Bertz CT molecular complexity index is 924. The Hall–Kier alpha value is -2.88. The summed E-state index contributed by atoms with van der Waals surface area (Å²) in [5.74, 6) is 0.819. The summed E-state index contributed by atoms with van der Waals surface area (Å²) >= 11 is 0. The maximum Gasteiger partial charge on any atom is 0.226 e. The number of fused-ring (bicyclic) bond motifs is 3. The molecule has 1 atom stereocenters. The van der Waals surface area contributed by atoms with Gasteiger partial charge in [-0.2, -0.15) is 10.1 Å². The molecule has 4 heteroatoms. The lowest BCUT2D eigenvalue weighted by Crippen LogP contribution is -2.24. The fourth-order valence-electron chi connectivity index (χ4n) is 3.94. The van der Waals surface area contributed by atoms with Gasteiger partial charge in [-0.1, -0.05) is 54.6 Å². The number of nitrogens with zero attached hydrogens (tertiary/aromatic N) is 3. The quantitative estimate of drug-likeness (QED) is 0.737. The van der Waals surface area contributed by atoms with Gasteiger partial charge in [-0.05, 0) is 36.0 Å². The molecule has 0 saturated heterocycles. The molecule has 2 aromatic carbocycles. The highest BCUT2D eigenvalue weighted by Crippen LogP contribution is 2.42. The van der Waals surface area contributed by atoms with Gasteiger partial charge in [-0.3, -0.25) is 0 Å². The van der Waals surface area contributed by atoms with Crippen LogP contribution >= 0.6 is 0 Å². The highest BCUT2D eigenvalue weighted by molar-refractivity contribution is 5.82. The Morgan fingerprint density at radius 1 is 0.958 bits per heavy atom. The first-order valence-corrected chi connectivity index (χ1v) is 8.44. The zero-order valence-corrected chi connectivity index (χ0v) is 13.3. The van der Waals surface area contributed by atoms with Gasteiger partial charge in [0.05, 0.1) is 5.70 Å². The lowest BCUT2D eigenvalue weighted by Gasteiger charge is -2.30. The molecule has 2 aliphatic rings. The fourth-order valence-corrected chi connectivity index (χ4v) is 3.94. The predicted octanol–water partition coefficient (Wildman–Crippen LogP) is 4.04. The SMILES string of the molecule is c1ccc([C@H]2C3=C(Nc4ncnn42)c2ccccc2CCC3)cc1. The van der Waals surface area contributed by atoms with Crippen LogP contribution in [0.15, 0.2) is 66.5 Å². The van der Waals surface area contributed by atoms with Gasteiger partial charge in [0.2, 0.25) is 5.95 Å². The van der Waals surface area contributed by atoms with Crippen molar-refractivity contribution in [3.8, 4) is 0 Å². The average Bonchev–Trinajstić information content (AvgIpc) is 3.02. The fraction of sp³-hybridized carbons (Fsp3) is 0.200. The molecular weight excluding hydrogens is 296 g/mol. The zero-order valence-electron chi connectivity index (χ0n) is 13.3. The summed E-state index contributed by atoms with van der Waals surface area (Å²) in [7, 11) is 0. The van der Waals surface area contributed by atoms with Gasteiger partial charge in [0.15, 0.2) is 0 Å². The van der Waals surface area contributed by atoms with Gasteiger partial charge >= 0.3 is 0 Å². The summed E-state index contributed by atoms with van der Waals surface area (Å²) in [4.78, 5) is 4.43. The van der Waals surface area contributed by atoms with E-state index in [-0.39, 0.29) is 6.04 Å². The molecule has 5 rings (SSSR count). The van der Waals surface area contributed by atoms with Crippen molar-refractivity contribution < 1.29 is 0 Å². The van der Waals surface area contributed by atoms with E-state index >= 15 is 0 Å². The molecule has 3 aromatic rings. The molecule has 1 aromatic heterocycles. The van der Waals surface area contributed by atoms with Crippen LogP contribution in [0.5, 0.6) is 0 Å². The second kappa shape index (κ2) is 5.34. The maximum absolute atomic E-state index is 4.50. The van der Waals surface area contributed by atoms with Crippen molar-refractivity contribution in [3.05, 3.63) is 83.2 Å². The van der Waals surface area contributed by atoms with Crippen molar-refractivity contribution >= 4 is 11.6 Å². The van der Waals surface area contributed by atoms with Crippen molar-refractivity contribution in [2.24, 2.45) is 0 Å². The predicted molar refractivity (Wildman–Crippen MR) is 94.5 cm³/mol. The van der Waals surface area contributed by atoms with E-state index in [4.69, 9.17) is 0 Å². The summed E-state index contributed by atoms with van der Waals surface area (Å²) in [6.45, 7) is 0. The van der Waals surface area contributed by atoms with Crippen LogP contribution in [0.3, 0.4) is 0 Å². The van der Waals surface area contributed by atoms with E-state index < -0.39 is 0 Å². The number of aryl methyl sites for hydroxylation is 1. The molecule has 0 spiro atoms. The van der Waals surface area contributed by atoms with Gasteiger partial charge in [-0.15, -0.1) is 0 Å². The number of benzene rings is 2. The van der Waals surface area contributed by atoms with E-state index in [1.54, 1.807) is 6.33 Å². The smallest absolute Gasteiger partial charge is 0.226 e. The third kappa shape index (κ3) is 1.99. The number of rotatable bonds is 1. The molecule has 0 saturated carbocycles. The Morgan fingerprint density at radius 3 is 2.71 bits per heavy atom. The van der Waals surface area contributed by atoms with E-state index in [1.165, 1.54) is 28.0 Å². The molecule has 118 valence electrons.